The zero-order valence-corrected chi connectivity index (χ0v) is 25.7. The van der Waals surface area contributed by atoms with E-state index in [1.165, 1.54) is 0 Å². The molecule has 0 heterocycles. The Kier molecular flexibility index (Phi) is 3.38. The molecule has 200 valence electrons. The van der Waals surface area contributed by atoms with Crippen LogP contribution in [0.15, 0.2) is 0 Å². The Balaban J connectivity index is 1.40. The zero-order chi connectivity index (χ0) is 25.7. The number of fused-ring (bicyclic) bond motifs is 3. The maximum Gasteiger partial charge on any atom is -0.0136 e. The van der Waals surface area contributed by atoms with Gasteiger partial charge in [-0.05, 0) is 140 Å². The summed E-state index contributed by atoms with van der Waals surface area (Å²) in [5.74, 6) is 13.5. The molecule has 9 saturated carbocycles. The monoisotopic (exact) mass is 488 g/mol. The van der Waals surface area contributed by atoms with Gasteiger partial charge in [0.15, 0.2) is 0 Å². The minimum atomic E-state index is 0.486. The summed E-state index contributed by atoms with van der Waals surface area (Å²) in [5.41, 5.74) is 4.10. The molecule has 9 rings (SSSR count). The van der Waals surface area contributed by atoms with Crippen molar-refractivity contribution in [3.8, 4) is 0 Å². The second-order valence-corrected chi connectivity index (χ2v) is 18.9. The maximum absolute atomic E-state index is 2.96. The molecular weight excluding hydrogens is 432 g/mol. The minimum absolute atomic E-state index is 0.486. The average molecular weight is 489 g/mol. The first-order chi connectivity index (χ1) is 16.6. The molecule has 0 heteroatoms. The van der Waals surface area contributed by atoms with Gasteiger partial charge in [-0.15, -0.1) is 0 Å². The molecule has 0 radical (unpaired) electrons. The first kappa shape index (κ1) is 22.8. The quantitative estimate of drug-likeness (QED) is 0.363. The molecule has 19 atom stereocenters. The predicted octanol–water partition coefficient (Wildman–Crippen LogP) is 9.05. The Bertz CT molecular complexity index is 1120. The summed E-state index contributed by atoms with van der Waals surface area (Å²) in [4.78, 5) is 0. The normalized spacial score (nSPS) is 75.9. The summed E-state index contributed by atoms with van der Waals surface area (Å²) in [5, 5.41) is 0. The summed E-state index contributed by atoms with van der Waals surface area (Å²) in [7, 11) is 0. The van der Waals surface area contributed by atoms with Gasteiger partial charge in [0.2, 0.25) is 0 Å². The molecule has 0 aromatic rings. The van der Waals surface area contributed by atoms with Crippen LogP contribution >= 0.6 is 0 Å². The summed E-state index contributed by atoms with van der Waals surface area (Å²) < 4.78 is 0. The molecule has 0 aliphatic heterocycles. The highest BCUT2D eigenvalue weighted by molar-refractivity contribution is 5.54. The van der Waals surface area contributed by atoms with Gasteiger partial charge >= 0.3 is 0 Å². The molecule has 3 spiro atoms. The van der Waals surface area contributed by atoms with Gasteiger partial charge in [0.25, 0.3) is 0 Å². The van der Waals surface area contributed by atoms with E-state index in [9.17, 15) is 0 Å². The van der Waals surface area contributed by atoms with Gasteiger partial charge in [-0.2, -0.15) is 0 Å². The number of rotatable bonds is 2. The van der Waals surface area contributed by atoms with E-state index in [2.05, 4.69) is 83.1 Å². The van der Waals surface area contributed by atoms with Crippen molar-refractivity contribution in [2.45, 2.75) is 102 Å². The first-order valence-corrected chi connectivity index (χ1v) is 16.6. The Hall–Kier alpha value is 0. The van der Waals surface area contributed by atoms with Crippen LogP contribution in [0, 0.1) is 121 Å². The third kappa shape index (κ3) is 1.34. The Labute approximate surface area is 222 Å². The van der Waals surface area contributed by atoms with Crippen molar-refractivity contribution >= 4 is 0 Å². The lowest BCUT2D eigenvalue weighted by Crippen LogP contribution is -2.88. The highest BCUT2D eigenvalue weighted by Gasteiger charge is 3.08. The topological polar surface area (TPSA) is 0 Å². The molecule has 0 saturated heterocycles. The predicted molar refractivity (Wildman–Crippen MR) is 148 cm³/mol. The van der Waals surface area contributed by atoms with Crippen molar-refractivity contribution in [1.29, 1.82) is 0 Å². The fourth-order valence-corrected chi connectivity index (χ4v) is 20.0. The van der Waals surface area contributed by atoms with Crippen molar-refractivity contribution in [3.63, 3.8) is 0 Å². The van der Waals surface area contributed by atoms with E-state index in [0.717, 1.165) is 82.9 Å². The lowest BCUT2D eigenvalue weighted by Gasteiger charge is -2.92. The van der Waals surface area contributed by atoms with Crippen LogP contribution in [-0.2, 0) is 0 Å². The molecule has 19 unspecified atom stereocenters. The highest BCUT2D eigenvalue weighted by atomic mass is 15.1. The van der Waals surface area contributed by atoms with Crippen LogP contribution in [0.3, 0.4) is 0 Å². The fourth-order valence-electron chi connectivity index (χ4n) is 20.0. The molecule has 0 aromatic heterocycles. The van der Waals surface area contributed by atoms with Gasteiger partial charge in [-0.3, -0.25) is 0 Å². The van der Waals surface area contributed by atoms with Crippen molar-refractivity contribution in [1.82, 2.24) is 0 Å². The van der Waals surface area contributed by atoms with Gasteiger partial charge < -0.3 is 0 Å². The third-order valence-electron chi connectivity index (χ3n) is 20.0. The second-order valence-electron chi connectivity index (χ2n) is 18.9. The van der Waals surface area contributed by atoms with Crippen molar-refractivity contribution in [3.05, 3.63) is 0 Å². The lowest BCUT2D eigenvalue weighted by molar-refractivity contribution is -0.459. The van der Waals surface area contributed by atoms with Crippen molar-refractivity contribution in [2.75, 3.05) is 0 Å². The first-order valence-electron chi connectivity index (χ1n) is 16.6. The maximum atomic E-state index is 2.96. The molecule has 36 heavy (non-hydrogen) atoms. The van der Waals surface area contributed by atoms with E-state index >= 15 is 0 Å². The Morgan fingerprint density at radius 2 is 1.42 bits per heavy atom. The van der Waals surface area contributed by atoms with E-state index < -0.39 is 0 Å². The van der Waals surface area contributed by atoms with Crippen LogP contribution in [0.25, 0.3) is 0 Å². The minimum Gasteiger partial charge on any atom is -0.0625 e. The van der Waals surface area contributed by atoms with E-state index in [4.69, 9.17) is 0 Å². The fraction of sp³-hybridized carbons (Fsp3) is 1.00. The standard InChI is InChI=1S/C36H56/c1-16(2)19(5)23-20(6)25-28-27-24-17(3)13-22-14-18(4)36(24)26(22)21(7)34-15-35(28,30(8,9)32(27,36)11)33(34,12)31(25,10)29(23)34/h16-29H,13-15H2,1-12H3. The molecule has 9 aliphatic rings. The summed E-state index contributed by atoms with van der Waals surface area (Å²) in [6.45, 7) is 33.5. The van der Waals surface area contributed by atoms with E-state index in [0.29, 0.717) is 37.9 Å². The number of hydrogen-bond acceptors (Lipinski definition) is 0. The third-order valence-corrected chi connectivity index (χ3v) is 20.0. The van der Waals surface area contributed by atoms with Gasteiger partial charge in [0, 0.05) is 0 Å². The lowest BCUT2D eigenvalue weighted by atomic mass is 9.11. The number of hydrogen-bond donors (Lipinski definition) is 0. The highest BCUT2D eigenvalue weighted by Crippen LogP contribution is 3.11. The Morgan fingerprint density at radius 1 is 0.750 bits per heavy atom. The van der Waals surface area contributed by atoms with Gasteiger partial charge in [-0.25, -0.2) is 0 Å². The molecule has 0 amide bonds. The van der Waals surface area contributed by atoms with Gasteiger partial charge in [0.1, 0.15) is 0 Å². The van der Waals surface area contributed by atoms with Gasteiger partial charge in [-0.1, -0.05) is 83.1 Å². The zero-order valence-electron chi connectivity index (χ0n) is 25.7. The van der Waals surface area contributed by atoms with E-state index in [-0.39, 0.29) is 0 Å². The molecular formula is C36H56. The largest absolute Gasteiger partial charge is 0.0625 e. The van der Waals surface area contributed by atoms with Crippen LogP contribution in [0.2, 0.25) is 0 Å². The van der Waals surface area contributed by atoms with Crippen LogP contribution in [0.1, 0.15) is 102 Å². The smallest absolute Gasteiger partial charge is 0.0136 e. The van der Waals surface area contributed by atoms with Gasteiger partial charge in [0.05, 0.1) is 0 Å². The molecule has 0 nitrogen and oxygen atoms in total. The molecule has 5 bridgehead atoms. The average Bonchev–Trinajstić information content (AvgIpc) is 3.22. The van der Waals surface area contributed by atoms with E-state index in [1.807, 2.05) is 0 Å². The Morgan fingerprint density at radius 3 is 2.06 bits per heavy atom. The van der Waals surface area contributed by atoms with Crippen LogP contribution in [0.5, 0.6) is 0 Å². The van der Waals surface area contributed by atoms with Crippen molar-refractivity contribution < 1.29 is 0 Å². The van der Waals surface area contributed by atoms with Crippen LogP contribution < -0.4 is 0 Å². The second kappa shape index (κ2) is 5.35. The van der Waals surface area contributed by atoms with Crippen molar-refractivity contribution in [2.24, 2.45) is 121 Å². The SMILES string of the molecule is CC(C)C(C)C1C(C)C2C3C4C5C(C)CC6CC(C)C57C6C(C)C56CC3(C(C)(C)C47C)C5(C)C2(C)C16. The summed E-state index contributed by atoms with van der Waals surface area (Å²) in [6, 6.07) is 0. The molecule has 9 fully saturated rings. The summed E-state index contributed by atoms with van der Waals surface area (Å²) >= 11 is 0. The van der Waals surface area contributed by atoms with Crippen LogP contribution in [-0.4, -0.2) is 0 Å². The molecule has 0 aromatic carbocycles. The summed E-state index contributed by atoms with van der Waals surface area (Å²) in [6.07, 6.45) is 4.76. The van der Waals surface area contributed by atoms with E-state index in [1.54, 1.807) is 19.3 Å². The molecule has 9 aliphatic carbocycles. The molecule has 0 N–H and O–H groups in total. The van der Waals surface area contributed by atoms with Crippen LogP contribution in [0.4, 0.5) is 0 Å².